The van der Waals surface area contributed by atoms with Crippen LogP contribution in [0, 0.1) is 5.41 Å². The molecule has 0 aromatic carbocycles. The van der Waals surface area contributed by atoms with Gasteiger partial charge in [-0.3, -0.25) is 9.78 Å². The van der Waals surface area contributed by atoms with Crippen LogP contribution in [0.2, 0.25) is 0 Å². The van der Waals surface area contributed by atoms with Gasteiger partial charge in [-0.05, 0) is 30.9 Å². The smallest absolute Gasteiger partial charge is 0.257 e. The minimum atomic E-state index is -2.60. The van der Waals surface area contributed by atoms with Gasteiger partial charge in [0.05, 0.1) is 16.7 Å². The zero-order valence-corrected chi connectivity index (χ0v) is 13.3. The maximum absolute atomic E-state index is 13.6. The maximum Gasteiger partial charge on any atom is 0.257 e. The topological polar surface area (TPSA) is 33.2 Å². The minimum Gasteiger partial charge on any atom is -0.337 e. The van der Waals surface area contributed by atoms with Crippen LogP contribution in [0.5, 0.6) is 0 Å². The molecule has 1 saturated heterocycles. The van der Waals surface area contributed by atoms with E-state index in [1.807, 2.05) is 13.0 Å². The van der Waals surface area contributed by atoms with E-state index in [1.165, 1.54) is 4.90 Å². The number of carbonyl (C=O) groups excluding carboxylic acids is 1. The van der Waals surface area contributed by atoms with E-state index >= 15 is 0 Å². The predicted octanol–water partition coefficient (Wildman–Crippen LogP) is 3.64. The van der Waals surface area contributed by atoms with Gasteiger partial charge in [0, 0.05) is 25.2 Å². The summed E-state index contributed by atoms with van der Waals surface area (Å²) in [6, 6.07) is 3.66. The Hall–Kier alpha value is -1.52. The molecule has 2 heterocycles. The first-order valence-electron chi connectivity index (χ1n) is 7.96. The van der Waals surface area contributed by atoms with Gasteiger partial charge in [0.25, 0.3) is 11.8 Å². The number of hydrogen-bond donors (Lipinski definition) is 0. The second kappa shape index (κ2) is 5.00. The van der Waals surface area contributed by atoms with E-state index in [2.05, 4.69) is 18.8 Å². The third-order valence-corrected chi connectivity index (χ3v) is 5.12. The quantitative estimate of drug-likeness (QED) is 0.854. The molecule has 1 aromatic rings. The number of likely N-dealkylation sites (tertiary alicyclic amines) is 1. The molecular weight excluding hydrogens is 286 g/mol. The van der Waals surface area contributed by atoms with Crippen LogP contribution in [-0.4, -0.2) is 34.8 Å². The van der Waals surface area contributed by atoms with E-state index in [0.717, 1.165) is 11.4 Å². The Morgan fingerprint density at radius 1 is 1.32 bits per heavy atom. The number of pyridine rings is 1. The van der Waals surface area contributed by atoms with Crippen LogP contribution >= 0.6 is 0 Å². The van der Waals surface area contributed by atoms with Crippen molar-refractivity contribution in [3.05, 3.63) is 29.1 Å². The summed E-state index contributed by atoms with van der Waals surface area (Å²) in [4.78, 5) is 18.7. The van der Waals surface area contributed by atoms with Gasteiger partial charge in [0.2, 0.25) is 0 Å². The molecule has 1 amide bonds. The summed E-state index contributed by atoms with van der Waals surface area (Å²) in [6.07, 6.45) is 1.14. The number of alkyl halides is 2. The number of aromatic nitrogens is 1. The van der Waals surface area contributed by atoms with Crippen molar-refractivity contribution >= 4 is 5.91 Å². The Bertz CT molecular complexity index is 607. The normalized spacial score (nSPS) is 21.6. The molecule has 3 nitrogen and oxygen atoms in total. The highest BCUT2D eigenvalue weighted by Gasteiger charge is 2.67. The molecule has 5 heteroatoms. The molecule has 1 aliphatic carbocycles. The van der Waals surface area contributed by atoms with Gasteiger partial charge in [0.15, 0.2) is 0 Å². The highest BCUT2D eigenvalue weighted by Crippen LogP contribution is 2.59. The second-order valence-corrected chi connectivity index (χ2v) is 6.88. The fraction of sp³-hybridized carbons (Fsp3) is 0.647. The molecule has 120 valence electrons. The number of hydrogen-bond acceptors (Lipinski definition) is 2. The Kier molecular flexibility index (Phi) is 3.49. The van der Waals surface area contributed by atoms with Crippen LogP contribution in [0.25, 0.3) is 0 Å². The maximum atomic E-state index is 13.6. The highest BCUT2D eigenvalue weighted by molar-refractivity contribution is 5.96. The highest BCUT2D eigenvalue weighted by atomic mass is 19.3. The summed E-state index contributed by atoms with van der Waals surface area (Å²) in [5.74, 6) is -2.46. The molecule has 0 N–H and O–H groups in total. The molecule has 1 aliphatic heterocycles. The summed E-state index contributed by atoms with van der Waals surface area (Å²) in [7, 11) is 0. The Labute approximate surface area is 129 Å². The average molecular weight is 308 g/mol. The molecule has 1 aromatic heterocycles. The van der Waals surface area contributed by atoms with Crippen molar-refractivity contribution in [2.24, 2.45) is 5.41 Å². The number of halogens is 2. The van der Waals surface area contributed by atoms with Crippen LogP contribution in [0.4, 0.5) is 8.78 Å². The summed E-state index contributed by atoms with van der Waals surface area (Å²) in [6.45, 7) is 6.42. The fourth-order valence-corrected chi connectivity index (χ4v) is 3.36. The third kappa shape index (κ3) is 2.13. The van der Waals surface area contributed by atoms with Gasteiger partial charge in [-0.15, -0.1) is 0 Å². The van der Waals surface area contributed by atoms with Crippen molar-refractivity contribution in [3.63, 3.8) is 0 Å². The predicted molar refractivity (Wildman–Crippen MR) is 80.2 cm³/mol. The first kappa shape index (κ1) is 15.4. The lowest BCUT2D eigenvalue weighted by Crippen LogP contribution is -2.70. The molecule has 0 radical (unpaired) electrons. The lowest BCUT2D eigenvalue weighted by Gasteiger charge is -2.59. The largest absolute Gasteiger partial charge is 0.337 e. The number of rotatable bonds is 3. The third-order valence-electron chi connectivity index (χ3n) is 5.12. The minimum absolute atomic E-state index is 0.0418. The van der Waals surface area contributed by atoms with Crippen molar-refractivity contribution < 1.29 is 13.6 Å². The van der Waals surface area contributed by atoms with Crippen molar-refractivity contribution in [2.75, 3.05) is 13.1 Å². The molecule has 0 unspecified atom stereocenters. The molecule has 1 saturated carbocycles. The van der Waals surface area contributed by atoms with E-state index < -0.39 is 11.3 Å². The monoisotopic (exact) mass is 308 g/mol. The molecule has 0 atom stereocenters. The second-order valence-electron chi connectivity index (χ2n) is 6.88. The van der Waals surface area contributed by atoms with E-state index in [1.54, 1.807) is 6.07 Å². The number of nitrogens with zero attached hydrogens (tertiary/aromatic N) is 2. The number of amides is 1. The summed E-state index contributed by atoms with van der Waals surface area (Å²) < 4.78 is 27.2. The zero-order chi connectivity index (χ0) is 16.1. The average Bonchev–Trinajstić information content (AvgIpc) is 2.43. The van der Waals surface area contributed by atoms with Crippen LogP contribution in [0.15, 0.2) is 12.1 Å². The van der Waals surface area contributed by atoms with Crippen LogP contribution in [-0.2, 0) is 6.42 Å². The lowest BCUT2D eigenvalue weighted by molar-refractivity contribution is -0.248. The van der Waals surface area contributed by atoms with Crippen LogP contribution < -0.4 is 0 Å². The summed E-state index contributed by atoms with van der Waals surface area (Å²) in [5.41, 5.74) is 1.33. The van der Waals surface area contributed by atoms with Crippen LogP contribution in [0.1, 0.15) is 61.3 Å². The Balaban J connectivity index is 1.77. The fourth-order valence-electron chi connectivity index (χ4n) is 3.36. The van der Waals surface area contributed by atoms with Crippen molar-refractivity contribution in [3.8, 4) is 0 Å². The standard InChI is InChI=1S/C17H22F2N2O/c1-4-13-12(5-6-14(20-13)11(2)3)15(22)21-9-16(10-21)7-8-17(16,18)19/h5-6,11H,4,7-10H2,1-3H3. The molecule has 3 rings (SSSR count). The van der Waals surface area contributed by atoms with E-state index in [9.17, 15) is 13.6 Å². The van der Waals surface area contributed by atoms with Gasteiger partial charge >= 0.3 is 0 Å². The Morgan fingerprint density at radius 2 is 2.00 bits per heavy atom. The van der Waals surface area contributed by atoms with E-state index in [4.69, 9.17) is 0 Å². The summed E-state index contributed by atoms with van der Waals surface area (Å²) in [5, 5.41) is 0. The molecule has 2 fully saturated rings. The van der Waals surface area contributed by atoms with Gasteiger partial charge < -0.3 is 4.90 Å². The molecule has 1 spiro atoms. The Morgan fingerprint density at radius 3 is 2.45 bits per heavy atom. The number of carbonyl (C=O) groups is 1. The van der Waals surface area contributed by atoms with Gasteiger partial charge in [-0.1, -0.05) is 20.8 Å². The van der Waals surface area contributed by atoms with Crippen molar-refractivity contribution in [1.82, 2.24) is 9.88 Å². The molecule has 2 aliphatic rings. The zero-order valence-electron chi connectivity index (χ0n) is 13.3. The van der Waals surface area contributed by atoms with Crippen molar-refractivity contribution in [1.29, 1.82) is 0 Å². The summed E-state index contributed by atoms with van der Waals surface area (Å²) >= 11 is 0. The lowest BCUT2D eigenvalue weighted by atomic mass is 9.60. The van der Waals surface area contributed by atoms with E-state index in [-0.39, 0.29) is 25.4 Å². The van der Waals surface area contributed by atoms with Crippen molar-refractivity contribution in [2.45, 2.75) is 51.9 Å². The molecule has 0 bridgehead atoms. The molecular formula is C17H22F2N2O. The first-order valence-corrected chi connectivity index (χ1v) is 7.96. The van der Waals surface area contributed by atoms with Gasteiger partial charge in [-0.2, -0.15) is 0 Å². The SMILES string of the molecule is CCc1nc(C(C)C)ccc1C(=O)N1CC2(CCC2(F)F)C1. The first-order chi connectivity index (χ1) is 10.3. The van der Waals surface area contributed by atoms with Gasteiger partial charge in [-0.25, -0.2) is 8.78 Å². The number of aryl methyl sites for hydroxylation is 1. The molecule has 22 heavy (non-hydrogen) atoms. The van der Waals surface area contributed by atoms with Crippen LogP contribution in [0.3, 0.4) is 0 Å². The van der Waals surface area contributed by atoms with Gasteiger partial charge in [0.1, 0.15) is 0 Å². The van der Waals surface area contributed by atoms with E-state index in [0.29, 0.717) is 24.3 Å².